The molecule has 0 radical (unpaired) electrons. The van der Waals surface area contributed by atoms with E-state index in [-0.39, 0.29) is 15.6 Å². The first kappa shape index (κ1) is 16.6. The molecule has 0 N–H and O–H groups in total. The molecular weight excluding hydrogens is 377 g/mol. The zero-order valence-electron chi connectivity index (χ0n) is 13.0. The van der Waals surface area contributed by atoms with Gasteiger partial charge in [-0.3, -0.25) is 4.79 Å². The van der Waals surface area contributed by atoms with Crippen molar-refractivity contribution in [3.63, 3.8) is 0 Å². The maximum atomic E-state index is 14.0. The molecule has 0 unspecified atom stereocenters. The Kier molecular flexibility index (Phi) is 3.94. The van der Waals surface area contributed by atoms with Crippen LogP contribution in [0.2, 0.25) is 5.02 Å². The molecule has 1 aliphatic rings. The molecule has 0 saturated carbocycles. The lowest BCUT2D eigenvalue weighted by Gasteiger charge is -2.27. The van der Waals surface area contributed by atoms with E-state index in [4.69, 9.17) is 28.7 Å². The molecule has 26 heavy (non-hydrogen) atoms. The minimum absolute atomic E-state index is 0.0435. The molecule has 0 atom stereocenters. The zero-order valence-corrected chi connectivity index (χ0v) is 14.6. The second kappa shape index (κ2) is 6.16. The van der Waals surface area contributed by atoms with Gasteiger partial charge >= 0.3 is 5.97 Å². The molecule has 1 amide bonds. The lowest BCUT2D eigenvalue weighted by Crippen LogP contribution is -2.41. The molecule has 0 saturated heterocycles. The molecule has 1 aliphatic heterocycles. The maximum Gasteiger partial charge on any atom is 0.366 e. The zero-order chi connectivity index (χ0) is 18.4. The fourth-order valence-electron chi connectivity index (χ4n) is 2.88. The summed E-state index contributed by atoms with van der Waals surface area (Å²) in [6, 6.07) is 14.1. The number of benzene rings is 3. The summed E-state index contributed by atoms with van der Waals surface area (Å²) in [5.41, 5.74) is 0.607. The molecule has 3 aromatic carbocycles. The van der Waals surface area contributed by atoms with Crippen LogP contribution < -0.4 is 0 Å². The molecule has 4 rings (SSSR count). The second-order valence-electron chi connectivity index (χ2n) is 5.62. The van der Waals surface area contributed by atoms with Crippen LogP contribution >= 0.6 is 23.8 Å². The van der Waals surface area contributed by atoms with Crippen LogP contribution in [0.5, 0.6) is 0 Å². The highest BCUT2D eigenvalue weighted by atomic mass is 35.5. The fraction of sp³-hybridized carbons (Fsp3) is 0. The van der Waals surface area contributed by atoms with Gasteiger partial charge in [-0.1, -0.05) is 54.2 Å². The van der Waals surface area contributed by atoms with E-state index < -0.39 is 17.7 Å². The van der Waals surface area contributed by atoms with Crippen LogP contribution in [0.1, 0.15) is 26.3 Å². The predicted molar refractivity (Wildman–Crippen MR) is 98.6 cm³/mol. The monoisotopic (exact) mass is 385 g/mol. The normalized spacial score (nSPS) is 13.2. The number of nitrogens with zero attached hydrogens (tertiary/aromatic N) is 1. The Morgan fingerprint density at radius 1 is 1.08 bits per heavy atom. The van der Waals surface area contributed by atoms with Crippen molar-refractivity contribution in [3.8, 4) is 0 Å². The van der Waals surface area contributed by atoms with E-state index >= 15 is 0 Å². The van der Waals surface area contributed by atoms with E-state index in [9.17, 15) is 14.0 Å². The Balaban J connectivity index is 1.74. The van der Waals surface area contributed by atoms with Crippen molar-refractivity contribution in [1.82, 2.24) is 5.06 Å². The van der Waals surface area contributed by atoms with Crippen molar-refractivity contribution in [2.75, 3.05) is 0 Å². The molecule has 0 aliphatic carbocycles. The Bertz CT molecular complexity index is 1060. The van der Waals surface area contributed by atoms with Crippen molar-refractivity contribution in [1.29, 1.82) is 0 Å². The summed E-state index contributed by atoms with van der Waals surface area (Å²) >= 11 is 11.0. The van der Waals surface area contributed by atoms with E-state index in [1.54, 1.807) is 24.3 Å². The SMILES string of the molecule is O=C(ON1C(=O)c2cccc3cccc(c23)C1=S)c1ccc(Cl)cc1F. The van der Waals surface area contributed by atoms with E-state index in [1.807, 2.05) is 12.1 Å². The Morgan fingerprint density at radius 3 is 2.46 bits per heavy atom. The topological polar surface area (TPSA) is 46.6 Å². The highest BCUT2D eigenvalue weighted by Gasteiger charge is 2.33. The number of halogens is 2. The number of rotatable bonds is 2. The number of amides is 1. The van der Waals surface area contributed by atoms with Gasteiger partial charge in [0.1, 0.15) is 5.82 Å². The van der Waals surface area contributed by atoms with Crippen LogP contribution in [0.25, 0.3) is 10.8 Å². The van der Waals surface area contributed by atoms with Gasteiger partial charge in [-0.2, -0.15) is 0 Å². The molecule has 1 heterocycles. The van der Waals surface area contributed by atoms with E-state index in [0.717, 1.165) is 16.5 Å². The quantitative estimate of drug-likeness (QED) is 0.608. The highest BCUT2D eigenvalue weighted by molar-refractivity contribution is 7.80. The third kappa shape index (κ3) is 2.55. The van der Waals surface area contributed by atoms with E-state index in [1.165, 1.54) is 12.1 Å². The first-order valence-corrected chi connectivity index (χ1v) is 8.34. The minimum Gasteiger partial charge on any atom is -0.326 e. The standard InChI is InChI=1S/C19H9ClFNO3S/c20-11-7-8-12(15(21)9-11)19(24)25-22-17(23)13-5-1-3-10-4-2-6-14(16(10)13)18(22)26/h1-9H. The molecule has 3 aromatic rings. The molecule has 4 nitrogen and oxygen atoms in total. The van der Waals surface area contributed by atoms with E-state index in [0.29, 0.717) is 16.5 Å². The average molecular weight is 386 g/mol. The molecule has 7 heteroatoms. The van der Waals surface area contributed by atoms with Crippen LogP contribution in [0, 0.1) is 5.82 Å². The second-order valence-corrected chi connectivity index (χ2v) is 6.44. The highest BCUT2D eigenvalue weighted by Crippen LogP contribution is 2.31. The summed E-state index contributed by atoms with van der Waals surface area (Å²) < 4.78 is 14.0. The molecule has 128 valence electrons. The van der Waals surface area contributed by atoms with Crippen LogP contribution in [0.3, 0.4) is 0 Å². The van der Waals surface area contributed by atoms with Gasteiger partial charge in [0.25, 0.3) is 5.91 Å². The van der Waals surface area contributed by atoms with Crippen molar-refractivity contribution < 1.29 is 18.8 Å². The van der Waals surface area contributed by atoms with Gasteiger partial charge < -0.3 is 4.84 Å². The van der Waals surface area contributed by atoms with Gasteiger partial charge in [0.05, 0.1) is 11.1 Å². The number of carbonyl (C=O) groups excluding carboxylic acids is 2. The van der Waals surface area contributed by atoms with E-state index in [2.05, 4.69) is 0 Å². The predicted octanol–water partition coefficient (Wildman–Crippen LogP) is 4.54. The fourth-order valence-corrected chi connectivity index (χ4v) is 3.33. The van der Waals surface area contributed by atoms with Crippen molar-refractivity contribution >= 4 is 51.5 Å². The Morgan fingerprint density at radius 2 is 1.77 bits per heavy atom. The molecule has 0 aromatic heterocycles. The third-order valence-electron chi connectivity index (χ3n) is 4.06. The largest absolute Gasteiger partial charge is 0.366 e. The average Bonchev–Trinajstić information content (AvgIpc) is 2.63. The smallest absolute Gasteiger partial charge is 0.326 e. The van der Waals surface area contributed by atoms with Gasteiger partial charge in [0.15, 0.2) is 4.99 Å². The first-order chi connectivity index (χ1) is 12.5. The Hall–Kier alpha value is -2.83. The summed E-state index contributed by atoms with van der Waals surface area (Å²) in [6.45, 7) is 0. The number of carbonyl (C=O) groups is 2. The van der Waals surface area contributed by atoms with Crippen LogP contribution in [-0.4, -0.2) is 21.9 Å². The maximum absolute atomic E-state index is 14.0. The number of hydrogen-bond donors (Lipinski definition) is 0. The molecule has 0 spiro atoms. The molecular formula is C19H9ClFNO3S. The number of hydrogen-bond acceptors (Lipinski definition) is 4. The lowest BCUT2D eigenvalue weighted by atomic mass is 9.95. The number of thiocarbonyl (C=S) groups is 1. The van der Waals surface area contributed by atoms with Gasteiger partial charge in [-0.25, -0.2) is 9.18 Å². The minimum atomic E-state index is -1.04. The van der Waals surface area contributed by atoms with Gasteiger partial charge in [-0.15, -0.1) is 5.06 Å². The molecule has 0 bridgehead atoms. The van der Waals surface area contributed by atoms with Gasteiger partial charge in [-0.05, 0) is 29.7 Å². The summed E-state index contributed by atoms with van der Waals surface area (Å²) in [5.74, 6) is -2.47. The Labute approximate surface area is 157 Å². The summed E-state index contributed by atoms with van der Waals surface area (Å²) in [7, 11) is 0. The van der Waals surface area contributed by atoms with Crippen LogP contribution in [-0.2, 0) is 4.84 Å². The van der Waals surface area contributed by atoms with Crippen molar-refractivity contribution in [3.05, 3.63) is 82.1 Å². The molecule has 0 fully saturated rings. The summed E-state index contributed by atoms with van der Waals surface area (Å²) in [5, 5.41) is 2.42. The van der Waals surface area contributed by atoms with Crippen molar-refractivity contribution in [2.45, 2.75) is 0 Å². The van der Waals surface area contributed by atoms with Gasteiger partial charge in [0.2, 0.25) is 0 Å². The lowest BCUT2D eigenvalue weighted by molar-refractivity contribution is -0.0385. The van der Waals surface area contributed by atoms with Crippen LogP contribution in [0.15, 0.2) is 54.6 Å². The number of hydroxylamine groups is 2. The first-order valence-electron chi connectivity index (χ1n) is 7.55. The summed E-state index contributed by atoms with van der Waals surface area (Å²) in [6.07, 6.45) is 0. The summed E-state index contributed by atoms with van der Waals surface area (Å²) in [4.78, 5) is 30.3. The van der Waals surface area contributed by atoms with Crippen LogP contribution in [0.4, 0.5) is 4.39 Å². The van der Waals surface area contributed by atoms with Gasteiger partial charge in [0, 0.05) is 16.0 Å². The van der Waals surface area contributed by atoms with Crippen molar-refractivity contribution in [2.24, 2.45) is 0 Å². The third-order valence-corrected chi connectivity index (χ3v) is 4.68.